The molecule has 1 aliphatic heterocycles. The number of ether oxygens (including phenoxy) is 6. The van der Waals surface area contributed by atoms with Gasteiger partial charge in [-0.2, -0.15) is 0 Å². The SMILES string of the molecule is BCCCCOCC1COCCOCCOCCOCCO1. The Kier molecular flexibility index (Phi) is 14.2. The Morgan fingerprint density at radius 1 is 0.773 bits per heavy atom. The predicted octanol–water partition coefficient (Wildman–Crippen LogP) is 0.300. The second kappa shape index (κ2) is 15.7. The molecule has 0 spiro atoms. The quantitative estimate of drug-likeness (QED) is 0.519. The molecule has 130 valence electrons. The van der Waals surface area contributed by atoms with E-state index in [1.807, 2.05) is 0 Å². The van der Waals surface area contributed by atoms with E-state index in [1.165, 1.54) is 12.7 Å². The highest BCUT2D eigenvalue weighted by Gasteiger charge is 2.10. The second-order valence-electron chi connectivity index (χ2n) is 5.19. The van der Waals surface area contributed by atoms with Gasteiger partial charge in [0.25, 0.3) is 0 Å². The molecule has 0 saturated carbocycles. The van der Waals surface area contributed by atoms with Crippen LogP contribution in [0.4, 0.5) is 0 Å². The molecule has 0 aromatic heterocycles. The van der Waals surface area contributed by atoms with Crippen molar-refractivity contribution in [1.82, 2.24) is 0 Å². The van der Waals surface area contributed by atoms with Gasteiger partial charge in [0.15, 0.2) is 0 Å². The zero-order chi connectivity index (χ0) is 15.7. The first-order chi connectivity index (χ1) is 10.9. The predicted molar refractivity (Wildman–Crippen MR) is 86.4 cm³/mol. The molecule has 0 amide bonds. The first-order valence-electron chi connectivity index (χ1n) is 8.43. The lowest BCUT2D eigenvalue weighted by Gasteiger charge is -2.18. The molecule has 0 aromatic rings. The van der Waals surface area contributed by atoms with Crippen molar-refractivity contribution in [2.45, 2.75) is 25.3 Å². The summed E-state index contributed by atoms with van der Waals surface area (Å²) in [6, 6.07) is 0. The zero-order valence-electron chi connectivity index (χ0n) is 13.9. The molecule has 0 bridgehead atoms. The lowest BCUT2D eigenvalue weighted by atomic mass is 10.0. The number of hydrogen-bond acceptors (Lipinski definition) is 6. The van der Waals surface area contributed by atoms with E-state index in [0.29, 0.717) is 66.1 Å². The molecule has 6 nitrogen and oxygen atoms in total. The van der Waals surface area contributed by atoms with Crippen molar-refractivity contribution < 1.29 is 28.4 Å². The average molecular weight is 318 g/mol. The van der Waals surface area contributed by atoms with Crippen LogP contribution in [0.2, 0.25) is 6.32 Å². The average Bonchev–Trinajstić information content (AvgIpc) is 2.54. The summed E-state index contributed by atoms with van der Waals surface area (Å²) in [6.07, 6.45) is 3.45. The van der Waals surface area contributed by atoms with Crippen LogP contribution in [0.25, 0.3) is 0 Å². The van der Waals surface area contributed by atoms with Gasteiger partial charge in [-0.25, -0.2) is 0 Å². The van der Waals surface area contributed by atoms with Gasteiger partial charge in [0.2, 0.25) is 0 Å². The van der Waals surface area contributed by atoms with Gasteiger partial charge in [-0.15, -0.1) is 0 Å². The van der Waals surface area contributed by atoms with Crippen molar-refractivity contribution >= 4 is 7.85 Å². The highest BCUT2D eigenvalue weighted by atomic mass is 16.6. The van der Waals surface area contributed by atoms with Gasteiger partial charge < -0.3 is 28.4 Å². The molecule has 22 heavy (non-hydrogen) atoms. The Morgan fingerprint density at radius 3 is 2.00 bits per heavy atom. The summed E-state index contributed by atoms with van der Waals surface area (Å²) in [6.45, 7) is 6.46. The fourth-order valence-corrected chi connectivity index (χ4v) is 1.96. The van der Waals surface area contributed by atoms with E-state index in [2.05, 4.69) is 7.85 Å². The Labute approximate surface area is 135 Å². The number of rotatable bonds is 6. The maximum atomic E-state index is 5.77. The van der Waals surface area contributed by atoms with Crippen LogP contribution in [-0.2, 0) is 28.4 Å². The molecule has 1 heterocycles. The van der Waals surface area contributed by atoms with Crippen LogP contribution in [0, 0.1) is 0 Å². The highest BCUT2D eigenvalue weighted by Crippen LogP contribution is 1.99. The van der Waals surface area contributed by atoms with E-state index >= 15 is 0 Å². The number of hydrogen-bond donors (Lipinski definition) is 0. The van der Waals surface area contributed by atoms with Gasteiger partial charge in [0.1, 0.15) is 14.0 Å². The molecule has 1 atom stereocenters. The van der Waals surface area contributed by atoms with Crippen LogP contribution < -0.4 is 0 Å². The molecule has 7 heteroatoms. The Morgan fingerprint density at radius 2 is 1.36 bits per heavy atom. The van der Waals surface area contributed by atoms with Crippen molar-refractivity contribution in [2.75, 3.05) is 72.7 Å². The van der Waals surface area contributed by atoms with Crippen LogP contribution in [0.5, 0.6) is 0 Å². The lowest BCUT2D eigenvalue weighted by molar-refractivity contribution is -0.0777. The van der Waals surface area contributed by atoms with Crippen molar-refractivity contribution in [2.24, 2.45) is 0 Å². The normalized spacial score (nSPS) is 23.5. The minimum atomic E-state index is -0.0494. The zero-order valence-corrected chi connectivity index (χ0v) is 13.9. The largest absolute Gasteiger partial charge is 0.379 e. The second-order valence-corrected chi connectivity index (χ2v) is 5.19. The van der Waals surface area contributed by atoms with Crippen molar-refractivity contribution in [1.29, 1.82) is 0 Å². The summed E-state index contributed by atoms with van der Waals surface area (Å²) in [5.74, 6) is 0. The fraction of sp³-hybridized carbons (Fsp3) is 1.00. The smallest absolute Gasteiger partial charge is 0.104 e. The Balaban J connectivity index is 2.18. The van der Waals surface area contributed by atoms with Crippen LogP contribution in [0.3, 0.4) is 0 Å². The van der Waals surface area contributed by atoms with Gasteiger partial charge in [0, 0.05) is 6.61 Å². The molecule has 0 N–H and O–H groups in total. The molecule has 1 aliphatic rings. The van der Waals surface area contributed by atoms with E-state index in [0.717, 1.165) is 13.0 Å². The molecule has 0 aromatic carbocycles. The molecule has 1 rings (SSSR count). The summed E-state index contributed by atoms with van der Waals surface area (Å²) in [5.41, 5.74) is 0. The van der Waals surface area contributed by atoms with Gasteiger partial charge in [-0.3, -0.25) is 0 Å². The van der Waals surface area contributed by atoms with E-state index in [4.69, 9.17) is 28.4 Å². The minimum absolute atomic E-state index is 0.0494. The summed E-state index contributed by atoms with van der Waals surface area (Å²) in [5, 5.41) is 0. The standard InChI is InChI=1S/C15H31BO6/c16-3-1-2-4-20-13-15-14-21-10-9-18-6-5-17-7-8-19-11-12-22-15/h15H,1-14,16H2. The van der Waals surface area contributed by atoms with Gasteiger partial charge in [-0.05, 0) is 6.42 Å². The van der Waals surface area contributed by atoms with Crippen molar-refractivity contribution in [3.8, 4) is 0 Å². The molecular weight excluding hydrogens is 287 g/mol. The summed E-state index contributed by atoms with van der Waals surface area (Å²) in [7, 11) is 2.18. The third-order valence-corrected chi connectivity index (χ3v) is 3.20. The monoisotopic (exact) mass is 318 g/mol. The maximum absolute atomic E-state index is 5.77. The Hall–Kier alpha value is -0.175. The van der Waals surface area contributed by atoms with Crippen LogP contribution in [0.1, 0.15) is 12.8 Å². The van der Waals surface area contributed by atoms with Crippen LogP contribution in [0.15, 0.2) is 0 Å². The molecule has 0 aliphatic carbocycles. The summed E-state index contributed by atoms with van der Waals surface area (Å²) >= 11 is 0. The van der Waals surface area contributed by atoms with E-state index < -0.39 is 0 Å². The van der Waals surface area contributed by atoms with E-state index in [9.17, 15) is 0 Å². The van der Waals surface area contributed by atoms with E-state index in [-0.39, 0.29) is 6.10 Å². The molecule has 0 radical (unpaired) electrons. The molecule has 1 saturated heterocycles. The fourth-order valence-electron chi connectivity index (χ4n) is 1.96. The third-order valence-electron chi connectivity index (χ3n) is 3.20. The minimum Gasteiger partial charge on any atom is -0.379 e. The Bertz CT molecular complexity index is 216. The first-order valence-corrected chi connectivity index (χ1v) is 8.43. The summed E-state index contributed by atoms with van der Waals surface area (Å²) < 4.78 is 33.2. The van der Waals surface area contributed by atoms with Crippen molar-refractivity contribution in [3.63, 3.8) is 0 Å². The highest BCUT2D eigenvalue weighted by molar-refractivity contribution is 6.08. The third kappa shape index (κ3) is 12.4. The van der Waals surface area contributed by atoms with Gasteiger partial charge >= 0.3 is 0 Å². The van der Waals surface area contributed by atoms with Crippen LogP contribution >= 0.6 is 0 Å². The lowest BCUT2D eigenvalue weighted by Crippen LogP contribution is -2.28. The first kappa shape index (κ1) is 19.9. The number of unbranched alkanes of at least 4 members (excludes halogenated alkanes) is 1. The molecule has 1 unspecified atom stereocenters. The van der Waals surface area contributed by atoms with Crippen molar-refractivity contribution in [3.05, 3.63) is 0 Å². The molecule has 1 fully saturated rings. The van der Waals surface area contributed by atoms with Crippen LogP contribution in [-0.4, -0.2) is 86.6 Å². The topological polar surface area (TPSA) is 55.4 Å². The van der Waals surface area contributed by atoms with Gasteiger partial charge in [-0.1, -0.05) is 12.7 Å². The molecular formula is C15H31BO6. The van der Waals surface area contributed by atoms with Gasteiger partial charge in [0.05, 0.1) is 66.1 Å². The van der Waals surface area contributed by atoms with E-state index in [1.54, 1.807) is 0 Å². The maximum Gasteiger partial charge on any atom is 0.104 e. The summed E-state index contributed by atoms with van der Waals surface area (Å²) in [4.78, 5) is 0.